The van der Waals surface area contributed by atoms with Crippen LogP contribution < -0.4 is 5.32 Å². The van der Waals surface area contributed by atoms with Crippen LogP contribution in [0.2, 0.25) is 5.02 Å². The second-order valence-electron chi connectivity index (χ2n) is 4.63. The van der Waals surface area contributed by atoms with Gasteiger partial charge < -0.3 is 5.32 Å². The largest absolute Gasteiger partial charge is 0.381 e. The lowest BCUT2D eigenvalue weighted by atomic mass is 10.2. The number of halogens is 2. The summed E-state index contributed by atoms with van der Waals surface area (Å²) in [6, 6.07) is 14.2. The zero-order valence-corrected chi connectivity index (χ0v) is 11.9. The van der Waals surface area contributed by atoms with Crippen molar-refractivity contribution >= 4 is 17.3 Å². The fraction of sp³-hybridized carbons (Fsp3) is 0.0625. The van der Waals surface area contributed by atoms with Crippen LogP contribution in [-0.4, -0.2) is 9.78 Å². The van der Waals surface area contributed by atoms with Gasteiger partial charge in [0.15, 0.2) is 0 Å². The van der Waals surface area contributed by atoms with E-state index in [1.165, 1.54) is 12.1 Å². The summed E-state index contributed by atoms with van der Waals surface area (Å²) in [4.78, 5) is 0. The molecule has 0 unspecified atom stereocenters. The van der Waals surface area contributed by atoms with Crippen LogP contribution >= 0.6 is 11.6 Å². The van der Waals surface area contributed by atoms with Crippen LogP contribution in [0.4, 0.5) is 10.1 Å². The van der Waals surface area contributed by atoms with Crippen LogP contribution in [0.1, 0.15) is 5.56 Å². The summed E-state index contributed by atoms with van der Waals surface area (Å²) in [6.07, 6.45) is 3.61. The van der Waals surface area contributed by atoms with Crippen molar-refractivity contribution in [3.05, 3.63) is 77.3 Å². The summed E-state index contributed by atoms with van der Waals surface area (Å²) in [5.74, 6) is -0.329. The quantitative estimate of drug-likeness (QED) is 0.779. The second kappa shape index (κ2) is 5.97. The molecule has 0 bridgehead atoms. The minimum Gasteiger partial charge on any atom is -0.381 e. The van der Waals surface area contributed by atoms with E-state index >= 15 is 0 Å². The first kappa shape index (κ1) is 13.6. The number of hydrogen-bond donors (Lipinski definition) is 1. The van der Waals surface area contributed by atoms with Gasteiger partial charge in [-0.15, -0.1) is 0 Å². The summed E-state index contributed by atoms with van der Waals surface area (Å²) in [7, 11) is 0. The van der Waals surface area contributed by atoms with Gasteiger partial charge in [0, 0.05) is 29.6 Å². The molecule has 0 amide bonds. The Bertz CT molecular complexity index is 721. The SMILES string of the molecule is Fc1cc(Cl)cc(CNc2cccc(-n3cccn3)c2)c1. The first-order valence-electron chi connectivity index (χ1n) is 6.50. The summed E-state index contributed by atoms with van der Waals surface area (Å²) in [5.41, 5.74) is 2.69. The van der Waals surface area contributed by atoms with Gasteiger partial charge in [-0.1, -0.05) is 17.7 Å². The van der Waals surface area contributed by atoms with Crippen molar-refractivity contribution in [3.8, 4) is 5.69 Å². The predicted molar refractivity (Wildman–Crippen MR) is 82.3 cm³/mol. The normalized spacial score (nSPS) is 10.6. The molecule has 1 aromatic heterocycles. The van der Waals surface area contributed by atoms with E-state index in [2.05, 4.69) is 10.4 Å². The number of nitrogens with zero attached hydrogens (tertiary/aromatic N) is 2. The van der Waals surface area contributed by atoms with E-state index in [-0.39, 0.29) is 5.82 Å². The van der Waals surface area contributed by atoms with Crippen LogP contribution in [0.3, 0.4) is 0 Å². The lowest BCUT2D eigenvalue weighted by Gasteiger charge is -2.09. The molecule has 2 aromatic carbocycles. The Balaban J connectivity index is 1.75. The zero-order valence-electron chi connectivity index (χ0n) is 11.1. The van der Waals surface area contributed by atoms with Gasteiger partial charge in [-0.3, -0.25) is 0 Å². The molecule has 0 atom stereocenters. The van der Waals surface area contributed by atoms with E-state index in [1.807, 2.05) is 36.5 Å². The van der Waals surface area contributed by atoms with Crippen LogP contribution in [0.15, 0.2) is 60.9 Å². The Morgan fingerprint density at radius 2 is 2.05 bits per heavy atom. The lowest BCUT2D eigenvalue weighted by molar-refractivity contribution is 0.626. The Morgan fingerprint density at radius 1 is 1.14 bits per heavy atom. The molecule has 3 nitrogen and oxygen atoms in total. The first-order valence-corrected chi connectivity index (χ1v) is 6.87. The van der Waals surface area contributed by atoms with Gasteiger partial charge in [0.05, 0.1) is 5.69 Å². The average molecular weight is 302 g/mol. The van der Waals surface area contributed by atoms with Gasteiger partial charge in [-0.2, -0.15) is 5.10 Å². The first-order chi connectivity index (χ1) is 10.2. The summed E-state index contributed by atoms with van der Waals surface area (Å²) in [6.45, 7) is 0.500. The van der Waals surface area contributed by atoms with E-state index in [4.69, 9.17) is 11.6 Å². The van der Waals surface area contributed by atoms with Gasteiger partial charge in [0.2, 0.25) is 0 Å². The van der Waals surface area contributed by atoms with Crippen molar-refractivity contribution in [2.75, 3.05) is 5.32 Å². The second-order valence-corrected chi connectivity index (χ2v) is 5.07. The molecular formula is C16H13ClFN3. The van der Waals surface area contributed by atoms with Gasteiger partial charge in [-0.05, 0) is 48.0 Å². The maximum atomic E-state index is 13.3. The highest BCUT2D eigenvalue weighted by Gasteiger charge is 2.01. The van der Waals surface area contributed by atoms with Crippen LogP contribution in [0.5, 0.6) is 0 Å². The van der Waals surface area contributed by atoms with Crippen molar-refractivity contribution in [1.29, 1.82) is 0 Å². The van der Waals surface area contributed by atoms with E-state index in [0.717, 1.165) is 16.9 Å². The molecule has 0 saturated heterocycles. The molecule has 3 aromatic rings. The third-order valence-electron chi connectivity index (χ3n) is 3.03. The Hall–Kier alpha value is -2.33. The topological polar surface area (TPSA) is 29.9 Å². The van der Waals surface area contributed by atoms with Gasteiger partial charge in [0.1, 0.15) is 5.82 Å². The molecule has 5 heteroatoms. The number of rotatable bonds is 4. The highest BCUT2D eigenvalue weighted by Crippen LogP contribution is 2.17. The van der Waals surface area contributed by atoms with Crippen LogP contribution in [-0.2, 0) is 6.54 Å². The number of hydrogen-bond acceptors (Lipinski definition) is 2. The average Bonchev–Trinajstić information content (AvgIpc) is 2.99. The summed E-state index contributed by atoms with van der Waals surface area (Å²) >= 11 is 5.85. The minimum atomic E-state index is -0.329. The standard InChI is InChI=1S/C16H13ClFN3/c17-13-7-12(8-14(18)9-13)11-19-15-3-1-4-16(10-15)21-6-2-5-20-21/h1-10,19H,11H2. The van der Waals surface area contributed by atoms with Crippen molar-refractivity contribution in [3.63, 3.8) is 0 Å². The van der Waals surface area contributed by atoms with E-state index in [0.29, 0.717) is 11.6 Å². The number of anilines is 1. The zero-order chi connectivity index (χ0) is 14.7. The molecule has 0 spiro atoms. The maximum absolute atomic E-state index is 13.3. The molecule has 0 fully saturated rings. The highest BCUT2D eigenvalue weighted by molar-refractivity contribution is 6.30. The molecule has 0 aliphatic rings. The van der Waals surface area contributed by atoms with Crippen molar-refractivity contribution in [1.82, 2.24) is 9.78 Å². The number of aromatic nitrogens is 2. The lowest BCUT2D eigenvalue weighted by Crippen LogP contribution is -2.01. The van der Waals surface area contributed by atoms with Crippen molar-refractivity contribution < 1.29 is 4.39 Å². The van der Waals surface area contributed by atoms with Crippen LogP contribution in [0.25, 0.3) is 5.69 Å². The molecule has 0 aliphatic carbocycles. The monoisotopic (exact) mass is 301 g/mol. The third kappa shape index (κ3) is 3.41. The highest BCUT2D eigenvalue weighted by atomic mass is 35.5. The fourth-order valence-corrected chi connectivity index (χ4v) is 2.34. The summed E-state index contributed by atoms with van der Waals surface area (Å²) in [5, 5.41) is 7.84. The Kier molecular flexibility index (Phi) is 3.88. The van der Waals surface area contributed by atoms with Crippen molar-refractivity contribution in [2.45, 2.75) is 6.54 Å². The van der Waals surface area contributed by atoms with Crippen molar-refractivity contribution in [2.24, 2.45) is 0 Å². The molecule has 0 radical (unpaired) electrons. The summed E-state index contributed by atoms with van der Waals surface area (Å²) < 4.78 is 15.1. The van der Waals surface area contributed by atoms with E-state index in [9.17, 15) is 4.39 Å². The van der Waals surface area contributed by atoms with E-state index in [1.54, 1.807) is 16.9 Å². The minimum absolute atomic E-state index is 0.329. The van der Waals surface area contributed by atoms with Gasteiger partial charge >= 0.3 is 0 Å². The van der Waals surface area contributed by atoms with Gasteiger partial charge in [-0.25, -0.2) is 9.07 Å². The predicted octanol–water partition coefficient (Wildman–Crippen LogP) is 4.28. The number of nitrogens with one attached hydrogen (secondary N) is 1. The molecule has 0 aliphatic heterocycles. The molecule has 1 heterocycles. The maximum Gasteiger partial charge on any atom is 0.125 e. The molecular weight excluding hydrogens is 289 g/mol. The fourth-order valence-electron chi connectivity index (χ4n) is 2.10. The van der Waals surface area contributed by atoms with Gasteiger partial charge in [0.25, 0.3) is 0 Å². The molecule has 1 N–H and O–H groups in total. The van der Waals surface area contributed by atoms with E-state index < -0.39 is 0 Å². The third-order valence-corrected chi connectivity index (χ3v) is 3.25. The molecule has 3 rings (SSSR count). The number of benzene rings is 2. The smallest absolute Gasteiger partial charge is 0.125 e. The molecule has 0 saturated carbocycles. The Labute approximate surface area is 127 Å². The molecule has 21 heavy (non-hydrogen) atoms. The Morgan fingerprint density at radius 3 is 2.81 bits per heavy atom. The molecule has 106 valence electrons. The van der Waals surface area contributed by atoms with Crippen LogP contribution in [0, 0.1) is 5.82 Å².